The maximum atomic E-state index is 12.2. The molecule has 1 aliphatic heterocycles. The molecule has 1 aromatic carbocycles. The van der Waals surface area contributed by atoms with E-state index >= 15 is 0 Å². The first-order valence-electron chi connectivity index (χ1n) is 9.81. The number of aliphatic imine (C=N–C) groups is 1. The number of anilines is 1. The Hall–Kier alpha value is -2.24. The van der Waals surface area contributed by atoms with Gasteiger partial charge >= 0.3 is 0 Å². The van der Waals surface area contributed by atoms with Gasteiger partial charge < -0.3 is 20.4 Å². The maximum absolute atomic E-state index is 12.2. The van der Waals surface area contributed by atoms with Crippen LogP contribution in [-0.2, 0) is 4.79 Å². The van der Waals surface area contributed by atoms with Crippen LogP contribution in [0.5, 0.6) is 0 Å². The predicted molar refractivity (Wildman–Crippen MR) is 107 cm³/mol. The standard InChI is InChI=1S/C20H31N5O/c1-21-20(22-16-19(26)23-17-8-4-2-5-9-17)25-14-12-24(13-15-25)18-10-6-3-7-11-18/h3,6-7,10-11,17H,2,4-5,8-9,12-16H2,1H3,(H,21,22)(H,23,26). The molecule has 6 heteroatoms. The van der Waals surface area contributed by atoms with Gasteiger partial charge in [-0.15, -0.1) is 0 Å². The van der Waals surface area contributed by atoms with Crippen molar-refractivity contribution in [1.29, 1.82) is 0 Å². The van der Waals surface area contributed by atoms with Crippen molar-refractivity contribution >= 4 is 17.6 Å². The lowest BCUT2D eigenvalue weighted by Crippen LogP contribution is -2.54. The fourth-order valence-electron chi connectivity index (χ4n) is 3.83. The molecule has 0 aromatic heterocycles. The fourth-order valence-corrected chi connectivity index (χ4v) is 3.83. The third-order valence-corrected chi connectivity index (χ3v) is 5.29. The molecule has 2 fully saturated rings. The zero-order valence-electron chi connectivity index (χ0n) is 15.8. The fraction of sp³-hybridized carbons (Fsp3) is 0.600. The Bertz CT molecular complexity index is 589. The molecule has 1 saturated heterocycles. The Labute approximate surface area is 156 Å². The van der Waals surface area contributed by atoms with Crippen LogP contribution in [0.25, 0.3) is 0 Å². The summed E-state index contributed by atoms with van der Waals surface area (Å²) in [5, 5.41) is 6.38. The third-order valence-electron chi connectivity index (χ3n) is 5.29. The number of nitrogens with one attached hydrogen (secondary N) is 2. The van der Waals surface area contributed by atoms with Crippen LogP contribution in [-0.4, -0.2) is 62.6 Å². The molecule has 1 aliphatic carbocycles. The van der Waals surface area contributed by atoms with E-state index in [1.807, 2.05) is 6.07 Å². The van der Waals surface area contributed by atoms with E-state index in [4.69, 9.17) is 0 Å². The summed E-state index contributed by atoms with van der Waals surface area (Å²) in [4.78, 5) is 21.2. The van der Waals surface area contributed by atoms with Gasteiger partial charge in [-0.2, -0.15) is 0 Å². The normalized spacial score (nSPS) is 19.3. The van der Waals surface area contributed by atoms with Gasteiger partial charge in [0, 0.05) is 45.0 Å². The molecule has 3 rings (SSSR count). The largest absolute Gasteiger partial charge is 0.368 e. The highest BCUT2D eigenvalue weighted by Gasteiger charge is 2.21. The molecule has 1 aromatic rings. The van der Waals surface area contributed by atoms with Crippen molar-refractivity contribution in [2.24, 2.45) is 4.99 Å². The van der Waals surface area contributed by atoms with E-state index in [1.165, 1.54) is 24.9 Å². The quantitative estimate of drug-likeness (QED) is 0.638. The lowest BCUT2D eigenvalue weighted by Gasteiger charge is -2.37. The molecule has 6 nitrogen and oxygen atoms in total. The van der Waals surface area contributed by atoms with Crippen LogP contribution in [0, 0.1) is 0 Å². The molecule has 0 bridgehead atoms. The molecule has 0 spiro atoms. The first kappa shape index (κ1) is 18.5. The Kier molecular flexibility index (Phi) is 6.75. The monoisotopic (exact) mass is 357 g/mol. The van der Waals surface area contributed by atoms with E-state index in [9.17, 15) is 4.79 Å². The van der Waals surface area contributed by atoms with Crippen LogP contribution < -0.4 is 15.5 Å². The first-order chi connectivity index (χ1) is 12.8. The van der Waals surface area contributed by atoms with Gasteiger partial charge in [0.25, 0.3) is 0 Å². The number of hydrogen-bond donors (Lipinski definition) is 2. The molecule has 0 radical (unpaired) electrons. The smallest absolute Gasteiger partial charge is 0.239 e. The lowest BCUT2D eigenvalue weighted by atomic mass is 9.95. The molecule has 1 saturated carbocycles. The van der Waals surface area contributed by atoms with E-state index in [2.05, 4.69) is 49.7 Å². The van der Waals surface area contributed by atoms with E-state index in [0.29, 0.717) is 12.6 Å². The highest BCUT2D eigenvalue weighted by Crippen LogP contribution is 2.17. The molecular formula is C20H31N5O. The number of benzene rings is 1. The number of nitrogens with zero attached hydrogens (tertiary/aromatic N) is 3. The summed E-state index contributed by atoms with van der Waals surface area (Å²) < 4.78 is 0. The second-order valence-corrected chi connectivity index (χ2v) is 7.11. The molecule has 1 heterocycles. The summed E-state index contributed by atoms with van der Waals surface area (Å²) >= 11 is 0. The second kappa shape index (κ2) is 9.46. The number of rotatable bonds is 4. The highest BCUT2D eigenvalue weighted by molar-refractivity contribution is 5.86. The summed E-state index contributed by atoms with van der Waals surface area (Å²) in [6.45, 7) is 4.01. The van der Waals surface area contributed by atoms with Crippen LogP contribution in [0.2, 0.25) is 0 Å². The van der Waals surface area contributed by atoms with Gasteiger partial charge in [-0.25, -0.2) is 0 Å². The summed E-state index contributed by atoms with van der Waals surface area (Å²) in [5.41, 5.74) is 1.27. The molecule has 0 unspecified atom stereocenters. The minimum absolute atomic E-state index is 0.0703. The van der Waals surface area contributed by atoms with Crippen molar-refractivity contribution in [3.05, 3.63) is 30.3 Å². The van der Waals surface area contributed by atoms with Gasteiger partial charge in [0.1, 0.15) is 0 Å². The Balaban J connectivity index is 1.42. The van der Waals surface area contributed by atoms with Crippen molar-refractivity contribution in [3.8, 4) is 0 Å². The summed E-state index contributed by atoms with van der Waals surface area (Å²) in [6.07, 6.45) is 5.98. The van der Waals surface area contributed by atoms with E-state index < -0.39 is 0 Å². The molecule has 2 aliphatic rings. The highest BCUT2D eigenvalue weighted by atomic mass is 16.2. The van der Waals surface area contributed by atoms with Crippen molar-refractivity contribution < 1.29 is 4.79 Å². The maximum Gasteiger partial charge on any atom is 0.239 e. The van der Waals surface area contributed by atoms with Gasteiger partial charge in [0.05, 0.1) is 6.54 Å². The van der Waals surface area contributed by atoms with Gasteiger partial charge in [-0.3, -0.25) is 9.79 Å². The minimum Gasteiger partial charge on any atom is -0.368 e. The van der Waals surface area contributed by atoms with Crippen molar-refractivity contribution in [3.63, 3.8) is 0 Å². The van der Waals surface area contributed by atoms with E-state index in [1.54, 1.807) is 7.05 Å². The number of piperazine rings is 1. The molecule has 0 atom stereocenters. The summed E-state index contributed by atoms with van der Waals surface area (Å²) in [6, 6.07) is 10.9. The van der Waals surface area contributed by atoms with Gasteiger partial charge in [-0.05, 0) is 25.0 Å². The average Bonchev–Trinajstić information content (AvgIpc) is 2.70. The van der Waals surface area contributed by atoms with Crippen molar-refractivity contribution in [2.75, 3.05) is 44.7 Å². The molecule has 2 N–H and O–H groups in total. The Morgan fingerprint density at radius 1 is 1.08 bits per heavy atom. The molecular weight excluding hydrogens is 326 g/mol. The number of carbonyl (C=O) groups excluding carboxylic acids is 1. The number of guanidine groups is 1. The SMILES string of the molecule is CN=C(NCC(=O)NC1CCCCC1)N1CCN(c2ccccc2)CC1. The predicted octanol–water partition coefficient (Wildman–Crippen LogP) is 1.83. The Morgan fingerprint density at radius 2 is 1.77 bits per heavy atom. The number of para-hydroxylation sites is 1. The van der Waals surface area contributed by atoms with Crippen LogP contribution in [0.1, 0.15) is 32.1 Å². The first-order valence-corrected chi connectivity index (χ1v) is 9.81. The topological polar surface area (TPSA) is 60.0 Å². The summed E-state index contributed by atoms with van der Waals surface area (Å²) in [5.74, 6) is 0.887. The molecule has 1 amide bonds. The number of amides is 1. The van der Waals surface area contributed by atoms with Gasteiger partial charge in [0.2, 0.25) is 5.91 Å². The number of carbonyl (C=O) groups is 1. The zero-order valence-corrected chi connectivity index (χ0v) is 15.8. The van der Waals surface area contributed by atoms with E-state index in [-0.39, 0.29) is 5.91 Å². The molecule has 142 valence electrons. The van der Waals surface area contributed by atoms with Crippen molar-refractivity contribution in [1.82, 2.24) is 15.5 Å². The third kappa shape index (κ3) is 5.13. The van der Waals surface area contributed by atoms with E-state index in [0.717, 1.165) is 45.0 Å². The summed E-state index contributed by atoms with van der Waals surface area (Å²) in [7, 11) is 1.78. The average molecular weight is 358 g/mol. The number of hydrogen-bond acceptors (Lipinski definition) is 3. The van der Waals surface area contributed by atoms with Crippen LogP contribution >= 0.6 is 0 Å². The Morgan fingerprint density at radius 3 is 2.42 bits per heavy atom. The minimum atomic E-state index is 0.0703. The van der Waals surface area contributed by atoms with Crippen LogP contribution in [0.3, 0.4) is 0 Å². The van der Waals surface area contributed by atoms with Gasteiger partial charge in [-0.1, -0.05) is 37.5 Å². The van der Waals surface area contributed by atoms with Crippen LogP contribution in [0.4, 0.5) is 5.69 Å². The lowest BCUT2D eigenvalue weighted by molar-refractivity contribution is -0.120. The van der Waals surface area contributed by atoms with Crippen LogP contribution in [0.15, 0.2) is 35.3 Å². The zero-order chi connectivity index (χ0) is 18.2. The second-order valence-electron chi connectivity index (χ2n) is 7.11. The molecule has 26 heavy (non-hydrogen) atoms. The van der Waals surface area contributed by atoms with Crippen molar-refractivity contribution in [2.45, 2.75) is 38.1 Å². The van der Waals surface area contributed by atoms with Gasteiger partial charge in [0.15, 0.2) is 5.96 Å².